The van der Waals surface area contributed by atoms with Gasteiger partial charge in [-0.2, -0.15) is 10.2 Å². The molecule has 0 aromatic carbocycles. The van der Waals surface area contributed by atoms with Crippen molar-refractivity contribution in [1.82, 2.24) is 24.5 Å². The molecule has 2 aromatic rings. The summed E-state index contributed by atoms with van der Waals surface area (Å²) in [5.74, 6) is 0.382. The SMILES string of the molecule is COC[C@H]1CN(Cc2cnn(C)c2)Cc2cnn(C)c21. The quantitative estimate of drug-likeness (QED) is 0.832. The number of hydrogen-bond donors (Lipinski definition) is 0. The number of hydrogen-bond acceptors (Lipinski definition) is 4. The van der Waals surface area contributed by atoms with Gasteiger partial charge in [0.2, 0.25) is 0 Å². The average Bonchev–Trinajstić information content (AvgIpc) is 2.97. The molecule has 0 N–H and O–H groups in total. The van der Waals surface area contributed by atoms with Crippen molar-refractivity contribution >= 4 is 0 Å². The van der Waals surface area contributed by atoms with E-state index in [1.807, 2.05) is 35.9 Å². The van der Waals surface area contributed by atoms with Crippen molar-refractivity contribution in [3.05, 3.63) is 35.4 Å². The standard InChI is InChI=1S/C14H21N5O/c1-17-6-11(4-15-17)7-19-8-12-5-16-18(2)14(12)13(9-19)10-20-3/h4-6,13H,7-10H2,1-3H3/t13-/m1/s1. The predicted molar refractivity (Wildman–Crippen MR) is 75.1 cm³/mol. The molecule has 0 bridgehead atoms. The van der Waals surface area contributed by atoms with Crippen LogP contribution in [0.2, 0.25) is 0 Å². The summed E-state index contributed by atoms with van der Waals surface area (Å²) >= 11 is 0. The molecule has 0 radical (unpaired) electrons. The van der Waals surface area contributed by atoms with E-state index >= 15 is 0 Å². The zero-order valence-corrected chi connectivity index (χ0v) is 12.3. The first-order valence-electron chi connectivity index (χ1n) is 6.87. The molecule has 0 fully saturated rings. The predicted octanol–water partition coefficient (Wildman–Crippen LogP) is 0.899. The van der Waals surface area contributed by atoms with E-state index in [1.165, 1.54) is 16.8 Å². The zero-order chi connectivity index (χ0) is 14.1. The summed E-state index contributed by atoms with van der Waals surface area (Å²) in [6.45, 7) is 3.59. The number of aromatic nitrogens is 4. The summed E-state index contributed by atoms with van der Waals surface area (Å²) in [6, 6.07) is 0. The molecule has 0 aliphatic carbocycles. The second-order valence-corrected chi connectivity index (χ2v) is 5.52. The molecule has 6 nitrogen and oxygen atoms in total. The molecule has 1 aliphatic rings. The Morgan fingerprint density at radius 3 is 2.85 bits per heavy atom. The van der Waals surface area contributed by atoms with Crippen LogP contribution in [-0.2, 0) is 31.9 Å². The fourth-order valence-corrected chi connectivity index (χ4v) is 3.11. The van der Waals surface area contributed by atoms with Crippen molar-refractivity contribution in [2.24, 2.45) is 14.1 Å². The number of methoxy groups -OCH3 is 1. The Labute approximate surface area is 118 Å². The number of nitrogens with zero attached hydrogens (tertiary/aromatic N) is 5. The minimum atomic E-state index is 0.382. The fraction of sp³-hybridized carbons (Fsp3) is 0.571. The molecule has 1 aliphatic heterocycles. The Morgan fingerprint density at radius 1 is 1.30 bits per heavy atom. The van der Waals surface area contributed by atoms with Crippen LogP contribution in [0, 0.1) is 0 Å². The highest BCUT2D eigenvalue weighted by Gasteiger charge is 2.28. The monoisotopic (exact) mass is 275 g/mol. The van der Waals surface area contributed by atoms with Crippen LogP contribution in [0.3, 0.4) is 0 Å². The van der Waals surface area contributed by atoms with Gasteiger partial charge in [0.1, 0.15) is 0 Å². The van der Waals surface area contributed by atoms with Crippen LogP contribution in [-0.4, -0.2) is 44.7 Å². The Balaban J connectivity index is 1.79. The van der Waals surface area contributed by atoms with Gasteiger partial charge < -0.3 is 4.74 Å². The van der Waals surface area contributed by atoms with Crippen molar-refractivity contribution in [1.29, 1.82) is 0 Å². The molecule has 0 saturated heterocycles. The van der Waals surface area contributed by atoms with Crippen LogP contribution in [0.15, 0.2) is 18.6 Å². The highest BCUT2D eigenvalue weighted by atomic mass is 16.5. The number of ether oxygens (including phenoxy) is 1. The maximum absolute atomic E-state index is 5.38. The van der Waals surface area contributed by atoms with Crippen molar-refractivity contribution < 1.29 is 4.74 Å². The molecule has 6 heteroatoms. The number of fused-ring (bicyclic) bond motifs is 1. The smallest absolute Gasteiger partial charge is 0.0558 e. The first-order valence-corrected chi connectivity index (χ1v) is 6.87. The van der Waals surface area contributed by atoms with Gasteiger partial charge in [0.15, 0.2) is 0 Å². The van der Waals surface area contributed by atoms with Gasteiger partial charge in [0.25, 0.3) is 0 Å². The van der Waals surface area contributed by atoms with E-state index in [0.717, 1.165) is 26.2 Å². The second-order valence-electron chi connectivity index (χ2n) is 5.52. The summed E-state index contributed by atoms with van der Waals surface area (Å²) in [5.41, 5.74) is 3.87. The molecule has 20 heavy (non-hydrogen) atoms. The highest BCUT2D eigenvalue weighted by molar-refractivity contribution is 5.25. The number of rotatable bonds is 4. The molecule has 1 atom stereocenters. The molecule has 108 valence electrons. The molecule has 3 rings (SSSR count). The van der Waals surface area contributed by atoms with Gasteiger partial charge in [-0.15, -0.1) is 0 Å². The van der Waals surface area contributed by atoms with E-state index in [9.17, 15) is 0 Å². The van der Waals surface area contributed by atoms with Crippen molar-refractivity contribution in [2.45, 2.75) is 19.0 Å². The topological polar surface area (TPSA) is 48.1 Å². The van der Waals surface area contributed by atoms with Crippen LogP contribution in [0.5, 0.6) is 0 Å². The highest BCUT2D eigenvalue weighted by Crippen LogP contribution is 2.28. The van der Waals surface area contributed by atoms with Crippen LogP contribution in [0.25, 0.3) is 0 Å². The Bertz CT molecular complexity index is 588. The third-order valence-corrected chi connectivity index (χ3v) is 3.86. The fourth-order valence-electron chi connectivity index (χ4n) is 3.11. The zero-order valence-electron chi connectivity index (χ0n) is 12.3. The van der Waals surface area contributed by atoms with Gasteiger partial charge in [-0.3, -0.25) is 14.3 Å². The largest absolute Gasteiger partial charge is 0.384 e. The molecule has 2 aromatic heterocycles. The summed E-state index contributed by atoms with van der Waals surface area (Å²) in [4.78, 5) is 2.44. The summed E-state index contributed by atoms with van der Waals surface area (Å²) in [5, 5.41) is 8.63. The van der Waals surface area contributed by atoms with Crippen LogP contribution in [0.1, 0.15) is 22.7 Å². The first-order chi connectivity index (χ1) is 9.67. The van der Waals surface area contributed by atoms with E-state index < -0.39 is 0 Å². The van der Waals surface area contributed by atoms with Gasteiger partial charge in [-0.1, -0.05) is 0 Å². The van der Waals surface area contributed by atoms with Gasteiger partial charge in [0, 0.05) is 69.8 Å². The lowest BCUT2D eigenvalue weighted by Crippen LogP contribution is -2.35. The van der Waals surface area contributed by atoms with Crippen LogP contribution in [0.4, 0.5) is 0 Å². The Hall–Kier alpha value is -1.66. The molecule has 3 heterocycles. The van der Waals surface area contributed by atoms with Crippen LogP contribution < -0.4 is 0 Å². The average molecular weight is 275 g/mol. The van der Waals surface area contributed by atoms with E-state index in [0.29, 0.717) is 5.92 Å². The van der Waals surface area contributed by atoms with Crippen molar-refractivity contribution in [2.75, 3.05) is 20.3 Å². The lowest BCUT2D eigenvalue weighted by Gasteiger charge is -2.32. The van der Waals surface area contributed by atoms with E-state index in [1.54, 1.807) is 7.11 Å². The summed E-state index contributed by atoms with van der Waals surface area (Å²) < 4.78 is 9.22. The minimum Gasteiger partial charge on any atom is -0.384 e. The maximum Gasteiger partial charge on any atom is 0.0558 e. The maximum atomic E-state index is 5.38. The van der Waals surface area contributed by atoms with E-state index in [-0.39, 0.29) is 0 Å². The molecule has 0 spiro atoms. The first kappa shape index (κ1) is 13.3. The Kier molecular flexibility index (Phi) is 3.58. The van der Waals surface area contributed by atoms with E-state index in [2.05, 4.69) is 21.3 Å². The second kappa shape index (κ2) is 5.38. The minimum absolute atomic E-state index is 0.382. The molecule has 0 amide bonds. The summed E-state index contributed by atoms with van der Waals surface area (Å²) in [7, 11) is 5.72. The molecule has 0 saturated carbocycles. The molecular formula is C14H21N5O. The molecular weight excluding hydrogens is 254 g/mol. The normalized spacial score (nSPS) is 19.2. The van der Waals surface area contributed by atoms with Crippen molar-refractivity contribution in [3.8, 4) is 0 Å². The van der Waals surface area contributed by atoms with Gasteiger partial charge in [-0.25, -0.2) is 0 Å². The Morgan fingerprint density at radius 2 is 2.15 bits per heavy atom. The summed E-state index contributed by atoms with van der Waals surface area (Å²) in [6.07, 6.45) is 5.99. The third-order valence-electron chi connectivity index (χ3n) is 3.86. The lowest BCUT2D eigenvalue weighted by molar-refractivity contribution is 0.132. The molecule has 0 unspecified atom stereocenters. The van der Waals surface area contributed by atoms with E-state index in [4.69, 9.17) is 4.74 Å². The van der Waals surface area contributed by atoms with Gasteiger partial charge in [0.05, 0.1) is 19.0 Å². The van der Waals surface area contributed by atoms with Crippen molar-refractivity contribution in [3.63, 3.8) is 0 Å². The van der Waals surface area contributed by atoms with Gasteiger partial charge in [-0.05, 0) is 0 Å². The van der Waals surface area contributed by atoms with Gasteiger partial charge >= 0.3 is 0 Å². The lowest BCUT2D eigenvalue weighted by atomic mass is 9.96. The van der Waals surface area contributed by atoms with Crippen LogP contribution >= 0.6 is 0 Å². The number of aryl methyl sites for hydroxylation is 2. The third kappa shape index (κ3) is 2.48.